The molecule has 1 atom stereocenters. The minimum absolute atomic E-state index is 0.290. The summed E-state index contributed by atoms with van der Waals surface area (Å²) in [5, 5.41) is 8.46. The van der Waals surface area contributed by atoms with Crippen molar-refractivity contribution >= 4 is 0 Å². The predicted molar refractivity (Wildman–Crippen MR) is 89.0 cm³/mol. The number of hydrogen-bond acceptors (Lipinski definition) is 6. The molecule has 0 spiro atoms. The summed E-state index contributed by atoms with van der Waals surface area (Å²) in [7, 11) is 0. The molecule has 0 aliphatic carbocycles. The fourth-order valence-corrected chi connectivity index (χ4v) is 3.15. The summed E-state index contributed by atoms with van der Waals surface area (Å²) in [6, 6.07) is 7.94. The van der Waals surface area contributed by atoms with E-state index in [0.717, 1.165) is 43.9 Å². The summed E-state index contributed by atoms with van der Waals surface area (Å²) in [5.74, 6) is 1.57. The van der Waals surface area contributed by atoms with Crippen LogP contribution in [0, 0.1) is 0 Å². The second-order valence-electron chi connectivity index (χ2n) is 6.12. The molecule has 1 aliphatic heterocycles. The van der Waals surface area contributed by atoms with Crippen molar-refractivity contribution in [2.75, 3.05) is 13.1 Å². The number of aromatic nitrogens is 4. The van der Waals surface area contributed by atoms with Crippen LogP contribution in [0.4, 0.5) is 0 Å². The maximum atomic E-state index is 5.91. The lowest BCUT2D eigenvalue weighted by Gasteiger charge is -2.30. The van der Waals surface area contributed by atoms with Crippen LogP contribution in [-0.4, -0.2) is 38.2 Å². The van der Waals surface area contributed by atoms with Gasteiger partial charge in [-0.1, -0.05) is 0 Å². The minimum Gasteiger partial charge on any atom is -0.420 e. The zero-order chi connectivity index (χ0) is 16.2. The number of rotatable bonds is 4. The van der Waals surface area contributed by atoms with Gasteiger partial charge in [-0.05, 0) is 49.2 Å². The lowest BCUT2D eigenvalue weighted by atomic mass is 9.97. The molecule has 122 valence electrons. The quantitative estimate of drug-likeness (QED) is 0.736. The van der Waals surface area contributed by atoms with Gasteiger partial charge in [0.1, 0.15) is 0 Å². The van der Waals surface area contributed by atoms with Crippen molar-refractivity contribution in [1.82, 2.24) is 25.1 Å². The first-order valence-electron chi connectivity index (χ1n) is 8.23. The second-order valence-corrected chi connectivity index (χ2v) is 6.12. The van der Waals surface area contributed by atoms with E-state index in [0.29, 0.717) is 11.8 Å². The van der Waals surface area contributed by atoms with Gasteiger partial charge in [-0.15, -0.1) is 10.2 Å². The Morgan fingerprint density at radius 2 is 2.00 bits per heavy atom. The minimum atomic E-state index is 0.290. The van der Waals surface area contributed by atoms with Gasteiger partial charge < -0.3 is 4.42 Å². The van der Waals surface area contributed by atoms with E-state index in [1.54, 1.807) is 12.4 Å². The van der Waals surface area contributed by atoms with Gasteiger partial charge in [-0.2, -0.15) is 0 Å². The molecule has 0 unspecified atom stereocenters. The van der Waals surface area contributed by atoms with E-state index < -0.39 is 0 Å². The Labute approximate surface area is 140 Å². The molecule has 1 aliphatic rings. The highest BCUT2D eigenvalue weighted by atomic mass is 16.4. The topological polar surface area (TPSA) is 67.9 Å². The standard InChI is InChI=1S/C18H19N5O/c1-3-15(11-20-7-1)17-21-22-18(24-17)16-4-2-10-23(13-16)12-14-5-8-19-9-6-14/h1,3,5-9,11,16H,2,4,10,12-13H2/t16-/m1/s1. The fraction of sp³-hybridized carbons (Fsp3) is 0.333. The SMILES string of the molecule is c1cncc(-c2nnc([C@@H]3CCCN(Cc4ccncc4)C3)o2)c1. The lowest BCUT2D eigenvalue weighted by Crippen LogP contribution is -2.34. The van der Waals surface area contributed by atoms with E-state index in [-0.39, 0.29) is 0 Å². The number of likely N-dealkylation sites (tertiary alicyclic amines) is 1. The molecule has 0 saturated carbocycles. The monoisotopic (exact) mass is 321 g/mol. The molecule has 0 N–H and O–H groups in total. The molecule has 3 aromatic rings. The Hall–Kier alpha value is -2.60. The largest absolute Gasteiger partial charge is 0.420 e. The van der Waals surface area contributed by atoms with Gasteiger partial charge in [0.05, 0.1) is 11.5 Å². The second kappa shape index (κ2) is 6.88. The number of hydrogen-bond donors (Lipinski definition) is 0. The lowest BCUT2D eigenvalue weighted by molar-refractivity contribution is 0.186. The summed E-state index contributed by atoms with van der Waals surface area (Å²) in [6.07, 6.45) is 9.39. The first kappa shape index (κ1) is 15.0. The summed E-state index contributed by atoms with van der Waals surface area (Å²) >= 11 is 0. The summed E-state index contributed by atoms with van der Waals surface area (Å²) in [6.45, 7) is 2.97. The van der Waals surface area contributed by atoms with Gasteiger partial charge in [0.15, 0.2) is 0 Å². The van der Waals surface area contributed by atoms with Crippen molar-refractivity contribution in [1.29, 1.82) is 0 Å². The third kappa shape index (κ3) is 3.33. The zero-order valence-electron chi connectivity index (χ0n) is 13.4. The van der Waals surface area contributed by atoms with Gasteiger partial charge in [0, 0.05) is 37.9 Å². The molecular formula is C18H19N5O. The molecule has 1 saturated heterocycles. The van der Waals surface area contributed by atoms with Crippen LogP contribution in [0.3, 0.4) is 0 Å². The number of pyridine rings is 2. The summed E-state index contributed by atoms with van der Waals surface area (Å²) in [4.78, 5) is 10.6. The van der Waals surface area contributed by atoms with Gasteiger partial charge >= 0.3 is 0 Å². The molecule has 4 heterocycles. The van der Waals surface area contributed by atoms with Crippen molar-refractivity contribution < 1.29 is 4.42 Å². The molecule has 4 rings (SSSR count). The molecule has 6 heteroatoms. The molecule has 0 aromatic carbocycles. The normalized spacial score (nSPS) is 18.6. The van der Waals surface area contributed by atoms with E-state index in [9.17, 15) is 0 Å². The van der Waals surface area contributed by atoms with E-state index in [2.05, 4.69) is 37.2 Å². The highest BCUT2D eigenvalue weighted by Crippen LogP contribution is 2.28. The summed E-state index contributed by atoms with van der Waals surface area (Å²) in [5.41, 5.74) is 2.15. The van der Waals surface area contributed by atoms with Crippen LogP contribution in [0.25, 0.3) is 11.5 Å². The molecule has 0 amide bonds. The van der Waals surface area contributed by atoms with Crippen molar-refractivity contribution in [2.24, 2.45) is 0 Å². The van der Waals surface area contributed by atoms with Crippen LogP contribution in [0.1, 0.15) is 30.2 Å². The first-order valence-corrected chi connectivity index (χ1v) is 8.23. The van der Waals surface area contributed by atoms with Crippen LogP contribution in [-0.2, 0) is 6.54 Å². The van der Waals surface area contributed by atoms with Gasteiger partial charge in [-0.3, -0.25) is 14.9 Å². The Morgan fingerprint density at radius 3 is 2.83 bits per heavy atom. The Kier molecular flexibility index (Phi) is 4.29. The van der Waals surface area contributed by atoms with E-state index >= 15 is 0 Å². The smallest absolute Gasteiger partial charge is 0.249 e. The van der Waals surface area contributed by atoms with Crippen molar-refractivity contribution in [3.05, 3.63) is 60.5 Å². The Morgan fingerprint density at radius 1 is 1.08 bits per heavy atom. The Bertz CT molecular complexity index is 774. The van der Waals surface area contributed by atoms with Gasteiger partial charge in [0.2, 0.25) is 11.8 Å². The van der Waals surface area contributed by atoms with Crippen molar-refractivity contribution in [3.63, 3.8) is 0 Å². The van der Waals surface area contributed by atoms with Crippen molar-refractivity contribution in [2.45, 2.75) is 25.3 Å². The average Bonchev–Trinajstić information content (AvgIpc) is 3.14. The van der Waals surface area contributed by atoms with Crippen LogP contribution in [0.5, 0.6) is 0 Å². The first-order chi connectivity index (χ1) is 11.9. The number of nitrogens with zero attached hydrogens (tertiary/aromatic N) is 5. The Balaban J connectivity index is 1.45. The molecule has 0 bridgehead atoms. The molecule has 1 fully saturated rings. The maximum absolute atomic E-state index is 5.91. The van der Waals surface area contributed by atoms with Crippen LogP contribution >= 0.6 is 0 Å². The molecule has 0 radical (unpaired) electrons. The van der Waals surface area contributed by atoms with E-state index in [1.807, 2.05) is 24.5 Å². The van der Waals surface area contributed by atoms with Crippen LogP contribution in [0.2, 0.25) is 0 Å². The van der Waals surface area contributed by atoms with Gasteiger partial charge in [-0.25, -0.2) is 0 Å². The van der Waals surface area contributed by atoms with E-state index in [1.165, 1.54) is 5.56 Å². The molecule has 6 nitrogen and oxygen atoms in total. The van der Waals surface area contributed by atoms with Crippen molar-refractivity contribution in [3.8, 4) is 11.5 Å². The zero-order valence-corrected chi connectivity index (χ0v) is 13.4. The molecule has 3 aromatic heterocycles. The maximum Gasteiger partial charge on any atom is 0.249 e. The van der Waals surface area contributed by atoms with Gasteiger partial charge in [0.25, 0.3) is 0 Å². The van der Waals surface area contributed by atoms with E-state index in [4.69, 9.17) is 4.42 Å². The van der Waals surface area contributed by atoms with Crippen LogP contribution in [0.15, 0.2) is 53.5 Å². The average molecular weight is 321 g/mol. The fourth-order valence-electron chi connectivity index (χ4n) is 3.15. The predicted octanol–water partition coefficient (Wildman–Crippen LogP) is 2.91. The molecule has 24 heavy (non-hydrogen) atoms. The third-order valence-electron chi connectivity index (χ3n) is 4.36. The third-order valence-corrected chi connectivity index (χ3v) is 4.36. The molecular weight excluding hydrogens is 302 g/mol. The van der Waals surface area contributed by atoms with Crippen LogP contribution < -0.4 is 0 Å². The summed E-state index contributed by atoms with van der Waals surface area (Å²) < 4.78 is 5.91. The highest BCUT2D eigenvalue weighted by Gasteiger charge is 2.26. The highest BCUT2D eigenvalue weighted by molar-refractivity contribution is 5.50. The number of piperidine rings is 1.